The highest BCUT2D eigenvalue weighted by molar-refractivity contribution is 5.74. The highest BCUT2D eigenvalue weighted by Crippen LogP contribution is 2.19. The van der Waals surface area contributed by atoms with E-state index < -0.39 is 0 Å². The van der Waals surface area contributed by atoms with Crippen LogP contribution < -0.4 is 10.1 Å². The lowest BCUT2D eigenvalue weighted by molar-refractivity contribution is 0.194. The minimum Gasteiger partial charge on any atom is -0.497 e. The number of carbonyl (C=O) groups is 1. The minimum absolute atomic E-state index is 0.147. The Morgan fingerprint density at radius 3 is 2.35 bits per heavy atom. The van der Waals surface area contributed by atoms with Gasteiger partial charge in [0.15, 0.2) is 0 Å². The molecule has 0 heterocycles. The molecule has 122 valence electrons. The van der Waals surface area contributed by atoms with Gasteiger partial charge in [-0.2, -0.15) is 0 Å². The van der Waals surface area contributed by atoms with Gasteiger partial charge in [0.05, 0.1) is 13.2 Å². The summed E-state index contributed by atoms with van der Waals surface area (Å²) < 4.78 is 18.1. The zero-order chi connectivity index (χ0) is 16.8. The zero-order valence-electron chi connectivity index (χ0n) is 13.5. The number of nitrogens with one attached hydrogen (secondary N) is 1. The van der Waals surface area contributed by atoms with Gasteiger partial charge in [-0.3, -0.25) is 0 Å². The molecule has 1 N–H and O–H groups in total. The van der Waals surface area contributed by atoms with Crippen LogP contribution in [-0.2, 0) is 6.54 Å². The van der Waals surface area contributed by atoms with E-state index in [9.17, 15) is 9.18 Å². The molecule has 0 aromatic heterocycles. The molecular formula is C18H21FN2O2. The number of hydrogen-bond donors (Lipinski definition) is 1. The summed E-state index contributed by atoms with van der Waals surface area (Å²) >= 11 is 0. The van der Waals surface area contributed by atoms with Crippen molar-refractivity contribution in [1.29, 1.82) is 0 Å². The van der Waals surface area contributed by atoms with E-state index in [1.54, 1.807) is 31.2 Å². The molecule has 0 aliphatic heterocycles. The predicted molar refractivity (Wildman–Crippen MR) is 87.8 cm³/mol. The van der Waals surface area contributed by atoms with Crippen molar-refractivity contribution in [2.75, 3.05) is 14.2 Å². The molecule has 2 aromatic rings. The standard InChI is InChI=1S/C18H21FN2O2/c1-13(15-6-8-16(19)9-7-15)21(2)18(22)20-12-14-4-10-17(23-3)11-5-14/h4-11,13H,12H2,1-3H3,(H,20,22)/t13-/m0/s1. The number of methoxy groups -OCH3 is 1. The minimum atomic E-state index is -0.285. The topological polar surface area (TPSA) is 41.6 Å². The van der Waals surface area contributed by atoms with Crippen LogP contribution in [0.4, 0.5) is 9.18 Å². The average molecular weight is 316 g/mol. The van der Waals surface area contributed by atoms with Crippen molar-refractivity contribution in [2.24, 2.45) is 0 Å². The van der Waals surface area contributed by atoms with E-state index in [0.29, 0.717) is 6.54 Å². The molecule has 0 saturated heterocycles. The fourth-order valence-electron chi connectivity index (χ4n) is 2.19. The summed E-state index contributed by atoms with van der Waals surface area (Å²) in [6.07, 6.45) is 0. The highest BCUT2D eigenvalue weighted by Gasteiger charge is 2.17. The Morgan fingerprint density at radius 2 is 1.78 bits per heavy atom. The number of amides is 2. The molecule has 0 aliphatic carbocycles. The van der Waals surface area contributed by atoms with Crippen LogP contribution in [0.25, 0.3) is 0 Å². The Bertz CT molecular complexity index is 641. The molecule has 23 heavy (non-hydrogen) atoms. The predicted octanol–water partition coefficient (Wildman–Crippen LogP) is 3.74. The van der Waals surface area contributed by atoms with Crippen LogP contribution in [0.1, 0.15) is 24.1 Å². The quantitative estimate of drug-likeness (QED) is 0.913. The van der Waals surface area contributed by atoms with Crippen molar-refractivity contribution in [2.45, 2.75) is 19.5 Å². The molecule has 0 fully saturated rings. The molecule has 0 spiro atoms. The summed E-state index contributed by atoms with van der Waals surface area (Å²) in [4.78, 5) is 13.8. The molecule has 4 nitrogen and oxygen atoms in total. The second-order valence-corrected chi connectivity index (χ2v) is 5.35. The number of hydrogen-bond acceptors (Lipinski definition) is 2. The number of carbonyl (C=O) groups excluding carboxylic acids is 1. The maximum Gasteiger partial charge on any atom is 0.317 e. The number of benzene rings is 2. The highest BCUT2D eigenvalue weighted by atomic mass is 19.1. The van der Waals surface area contributed by atoms with Gasteiger partial charge >= 0.3 is 6.03 Å². The van der Waals surface area contributed by atoms with Crippen molar-refractivity contribution in [3.63, 3.8) is 0 Å². The molecule has 0 aliphatic rings. The maximum atomic E-state index is 13.0. The zero-order valence-corrected chi connectivity index (χ0v) is 13.5. The first-order valence-corrected chi connectivity index (χ1v) is 7.40. The van der Waals surface area contributed by atoms with E-state index in [2.05, 4.69) is 5.32 Å². The fraction of sp³-hybridized carbons (Fsp3) is 0.278. The van der Waals surface area contributed by atoms with E-state index in [-0.39, 0.29) is 17.9 Å². The van der Waals surface area contributed by atoms with E-state index in [4.69, 9.17) is 4.74 Å². The Kier molecular flexibility index (Phi) is 5.57. The van der Waals surface area contributed by atoms with Crippen molar-refractivity contribution in [3.05, 3.63) is 65.5 Å². The third kappa shape index (κ3) is 4.45. The lowest BCUT2D eigenvalue weighted by atomic mass is 10.1. The van der Waals surface area contributed by atoms with Gasteiger partial charge < -0.3 is 15.0 Å². The molecule has 0 radical (unpaired) electrons. The van der Waals surface area contributed by atoms with Crippen LogP contribution in [0.15, 0.2) is 48.5 Å². The molecule has 5 heteroatoms. The van der Waals surface area contributed by atoms with Crippen LogP contribution in [0, 0.1) is 5.82 Å². The summed E-state index contributed by atoms with van der Waals surface area (Å²) in [5, 5.41) is 2.87. The van der Waals surface area contributed by atoms with Gasteiger partial charge in [0.1, 0.15) is 11.6 Å². The average Bonchev–Trinajstić information content (AvgIpc) is 2.59. The van der Waals surface area contributed by atoms with Crippen LogP contribution in [0.5, 0.6) is 5.75 Å². The van der Waals surface area contributed by atoms with Gasteiger partial charge in [-0.1, -0.05) is 24.3 Å². The monoisotopic (exact) mass is 316 g/mol. The van der Waals surface area contributed by atoms with E-state index in [0.717, 1.165) is 16.9 Å². The van der Waals surface area contributed by atoms with E-state index >= 15 is 0 Å². The van der Waals surface area contributed by atoms with Crippen LogP contribution >= 0.6 is 0 Å². The number of rotatable bonds is 5. The van der Waals surface area contributed by atoms with Crippen molar-refractivity contribution in [3.8, 4) is 5.75 Å². The molecule has 0 bridgehead atoms. The summed E-state index contributed by atoms with van der Waals surface area (Å²) in [6, 6.07) is 13.4. The smallest absolute Gasteiger partial charge is 0.317 e. The Labute approximate surface area is 135 Å². The second-order valence-electron chi connectivity index (χ2n) is 5.35. The summed E-state index contributed by atoms with van der Waals surface area (Å²) in [5.41, 5.74) is 1.87. The maximum absolute atomic E-state index is 13.0. The fourth-order valence-corrected chi connectivity index (χ4v) is 2.19. The number of nitrogens with zero attached hydrogens (tertiary/aromatic N) is 1. The molecule has 2 rings (SSSR count). The summed E-state index contributed by atoms with van der Waals surface area (Å²) in [7, 11) is 3.33. The number of halogens is 1. The summed E-state index contributed by atoms with van der Waals surface area (Å²) in [6.45, 7) is 2.34. The summed E-state index contributed by atoms with van der Waals surface area (Å²) in [5.74, 6) is 0.495. The second kappa shape index (κ2) is 7.63. The molecule has 0 unspecified atom stereocenters. The first-order valence-electron chi connectivity index (χ1n) is 7.40. The van der Waals surface area contributed by atoms with Crippen LogP contribution in [0.2, 0.25) is 0 Å². The van der Waals surface area contributed by atoms with Crippen LogP contribution in [-0.4, -0.2) is 25.1 Å². The van der Waals surface area contributed by atoms with E-state index in [1.165, 1.54) is 12.1 Å². The third-order valence-corrected chi connectivity index (χ3v) is 3.86. The molecular weight excluding hydrogens is 295 g/mol. The number of urea groups is 1. The van der Waals surface area contributed by atoms with Gasteiger partial charge in [0.2, 0.25) is 0 Å². The largest absolute Gasteiger partial charge is 0.497 e. The lowest BCUT2D eigenvalue weighted by Gasteiger charge is -2.25. The first-order chi connectivity index (χ1) is 11.0. The van der Waals surface area contributed by atoms with E-state index in [1.807, 2.05) is 31.2 Å². The van der Waals surface area contributed by atoms with Crippen molar-refractivity contribution in [1.82, 2.24) is 10.2 Å². The lowest BCUT2D eigenvalue weighted by Crippen LogP contribution is -2.38. The first kappa shape index (κ1) is 16.8. The normalized spacial score (nSPS) is 11.7. The van der Waals surface area contributed by atoms with Crippen molar-refractivity contribution < 1.29 is 13.9 Å². The number of ether oxygens (including phenoxy) is 1. The molecule has 1 atom stereocenters. The van der Waals surface area contributed by atoms with Crippen molar-refractivity contribution >= 4 is 6.03 Å². The molecule has 0 saturated carbocycles. The Balaban J connectivity index is 1.92. The van der Waals surface area contributed by atoms with Gasteiger partial charge in [-0.25, -0.2) is 9.18 Å². The van der Waals surface area contributed by atoms with Gasteiger partial charge in [0.25, 0.3) is 0 Å². The Hall–Kier alpha value is -2.56. The van der Waals surface area contributed by atoms with Gasteiger partial charge in [0, 0.05) is 13.6 Å². The van der Waals surface area contributed by atoms with Gasteiger partial charge in [-0.15, -0.1) is 0 Å². The third-order valence-electron chi connectivity index (χ3n) is 3.86. The SMILES string of the molecule is COc1ccc(CNC(=O)N(C)[C@@H](C)c2ccc(F)cc2)cc1. The molecule has 2 aromatic carbocycles. The Morgan fingerprint density at radius 1 is 1.17 bits per heavy atom. The van der Waals surface area contributed by atoms with Gasteiger partial charge in [-0.05, 0) is 42.3 Å². The molecule has 2 amide bonds. The van der Waals surface area contributed by atoms with Crippen LogP contribution in [0.3, 0.4) is 0 Å².